The van der Waals surface area contributed by atoms with E-state index in [0.29, 0.717) is 18.7 Å². The Hall–Kier alpha value is -2.35. The number of alkyl halides is 2. The van der Waals surface area contributed by atoms with Gasteiger partial charge in [-0.3, -0.25) is 19.7 Å². The van der Waals surface area contributed by atoms with Gasteiger partial charge in [0.1, 0.15) is 11.9 Å². The van der Waals surface area contributed by atoms with E-state index in [1.165, 1.54) is 10.9 Å². The summed E-state index contributed by atoms with van der Waals surface area (Å²) in [4.78, 5) is 12.4. The quantitative estimate of drug-likeness (QED) is 0.591. The highest BCUT2D eigenvalue weighted by molar-refractivity contribution is 5.32. The molecule has 26 heavy (non-hydrogen) atoms. The Bertz CT molecular complexity index is 766. The first kappa shape index (κ1) is 18.4. The van der Waals surface area contributed by atoms with Gasteiger partial charge in [0.05, 0.1) is 17.0 Å². The van der Waals surface area contributed by atoms with Crippen LogP contribution in [0.4, 0.5) is 14.5 Å². The van der Waals surface area contributed by atoms with Gasteiger partial charge >= 0.3 is 5.69 Å². The first-order valence-corrected chi connectivity index (χ1v) is 8.67. The van der Waals surface area contributed by atoms with E-state index in [0.717, 1.165) is 5.56 Å². The van der Waals surface area contributed by atoms with Gasteiger partial charge in [-0.15, -0.1) is 0 Å². The van der Waals surface area contributed by atoms with Gasteiger partial charge in [-0.1, -0.05) is 30.3 Å². The molecule has 1 fully saturated rings. The molecule has 6 nitrogen and oxygen atoms in total. The van der Waals surface area contributed by atoms with Crippen molar-refractivity contribution >= 4 is 5.69 Å². The summed E-state index contributed by atoms with van der Waals surface area (Å²) in [7, 11) is 0. The summed E-state index contributed by atoms with van der Waals surface area (Å²) >= 11 is 0. The van der Waals surface area contributed by atoms with Crippen LogP contribution in [0.3, 0.4) is 0 Å². The Kier molecular flexibility index (Phi) is 5.31. The molecule has 0 spiro atoms. The maximum atomic E-state index is 13.8. The highest BCUT2D eigenvalue weighted by atomic mass is 19.3. The van der Waals surface area contributed by atoms with Crippen molar-refractivity contribution in [1.29, 1.82) is 0 Å². The summed E-state index contributed by atoms with van der Waals surface area (Å²) in [5, 5.41) is 15.1. The minimum Gasteiger partial charge on any atom is -0.288 e. The lowest BCUT2D eigenvalue weighted by Crippen LogP contribution is -2.48. The molecule has 0 saturated carbocycles. The number of piperidine rings is 1. The number of aromatic nitrogens is 2. The Morgan fingerprint density at radius 3 is 2.58 bits per heavy atom. The van der Waals surface area contributed by atoms with Crippen LogP contribution in [0, 0.1) is 17.0 Å². The minimum absolute atomic E-state index is 0.0707. The van der Waals surface area contributed by atoms with Crippen LogP contribution >= 0.6 is 0 Å². The second-order valence-corrected chi connectivity index (χ2v) is 6.72. The zero-order chi connectivity index (χ0) is 18.8. The Labute approximate surface area is 150 Å². The second kappa shape index (κ2) is 7.49. The summed E-state index contributed by atoms with van der Waals surface area (Å²) in [5.74, 6) is 0. The van der Waals surface area contributed by atoms with E-state index in [1.807, 2.05) is 42.2 Å². The number of nitro groups is 1. The molecule has 0 aliphatic carbocycles. The summed E-state index contributed by atoms with van der Waals surface area (Å²) in [6, 6.07) is 8.31. The lowest BCUT2D eigenvalue weighted by atomic mass is 9.93. The van der Waals surface area contributed by atoms with Crippen LogP contribution in [-0.2, 0) is 0 Å². The average molecular weight is 364 g/mol. The SMILES string of the molecule is Cc1c([N+](=O)[O-])cnn1[C@@H]1CCN([C@H](C)c2ccccc2)C(C(F)F)C1. The molecule has 0 bridgehead atoms. The van der Waals surface area contributed by atoms with Gasteiger partial charge in [-0.2, -0.15) is 5.10 Å². The third-order valence-electron chi connectivity index (χ3n) is 5.29. The van der Waals surface area contributed by atoms with Crippen LogP contribution in [0.5, 0.6) is 0 Å². The zero-order valence-corrected chi connectivity index (χ0v) is 14.8. The molecule has 0 radical (unpaired) electrons. The fraction of sp³-hybridized carbons (Fsp3) is 0.500. The van der Waals surface area contributed by atoms with E-state index in [1.54, 1.807) is 6.92 Å². The first-order chi connectivity index (χ1) is 12.4. The number of halogens is 2. The topological polar surface area (TPSA) is 64.2 Å². The van der Waals surface area contributed by atoms with Crippen molar-refractivity contribution in [3.8, 4) is 0 Å². The Morgan fingerprint density at radius 1 is 1.31 bits per heavy atom. The molecule has 2 aromatic rings. The molecule has 2 heterocycles. The molecule has 0 amide bonds. The average Bonchev–Trinajstić information content (AvgIpc) is 3.03. The van der Waals surface area contributed by atoms with E-state index in [2.05, 4.69) is 5.10 Å². The summed E-state index contributed by atoms with van der Waals surface area (Å²) in [6.45, 7) is 4.04. The zero-order valence-electron chi connectivity index (χ0n) is 14.8. The number of rotatable bonds is 5. The minimum atomic E-state index is -2.49. The van der Waals surface area contributed by atoms with Crippen LogP contribution in [0.25, 0.3) is 0 Å². The largest absolute Gasteiger partial charge is 0.309 e. The predicted molar refractivity (Wildman–Crippen MR) is 93.2 cm³/mol. The molecule has 140 valence electrons. The van der Waals surface area contributed by atoms with E-state index in [4.69, 9.17) is 0 Å². The number of nitrogens with zero attached hydrogens (tertiary/aromatic N) is 4. The van der Waals surface area contributed by atoms with Gasteiger partial charge in [-0.25, -0.2) is 8.78 Å². The van der Waals surface area contributed by atoms with Crippen LogP contribution in [0.15, 0.2) is 36.5 Å². The van der Waals surface area contributed by atoms with Crippen molar-refractivity contribution in [2.75, 3.05) is 6.54 Å². The van der Waals surface area contributed by atoms with Crippen molar-refractivity contribution in [2.45, 2.75) is 51.2 Å². The normalized spacial score (nSPS) is 22.5. The molecule has 3 atom stereocenters. The summed E-state index contributed by atoms with van der Waals surface area (Å²) < 4.78 is 29.1. The Morgan fingerprint density at radius 2 is 2.00 bits per heavy atom. The van der Waals surface area contributed by atoms with Crippen molar-refractivity contribution in [1.82, 2.24) is 14.7 Å². The second-order valence-electron chi connectivity index (χ2n) is 6.72. The molecule has 1 saturated heterocycles. The fourth-order valence-electron chi connectivity index (χ4n) is 3.83. The highest BCUT2D eigenvalue weighted by Gasteiger charge is 2.39. The third kappa shape index (κ3) is 3.46. The molecule has 1 aromatic heterocycles. The first-order valence-electron chi connectivity index (χ1n) is 8.67. The van der Waals surface area contributed by atoms with Crippen LogP contribution in [0.2, 0.25) is 0 Å². The molecule has 3 rings (SSSR count). The van der Waals surface area contributed by atoms with Crippen LogP contribution < -0.4 is 0 Å². The van der Waals surface area contributed by atoms with Gasteiger partial charge in [0, 0.05) is 12.6 Å². The van der Waals surface area contributed by atoms with Crippen LogP contribution in [-0.4, -0.2) is 38.6 Å². The molecule has 1 unspecified atom stereocenters. The predicted octanol–water partition coefficient (Wildman–Crippen LogP) is 4.13. The van der Waals surface area contributed by atoms with Crippen molar-refractivity contribution in [3.05, 3.63) is 57.9 Å². The lowest BCUT2D eigenvalue weighted by Gasteiger charge is -2.42. The van der Waals surface area contributed by atoms with Gasteiger partial charge in [-0.05, 0) is 32.3 Å². The maximum absolute atomic E-state index is 13.8. The molecular formula is C18H22F2N4O2. The van der Waals surface area contributed by atoms with E-state index in [-0.39, 0.29) is 24.2 Å². The van der Waals surface area contributed by atoms with Gasteiger partial charge in [0.15, 0.2) is 0 Å². The third-order valence-corrected chi connectivity index (χ3v) is 5.29. The maximum Gasteiger partial charge on any atom is 0.309 e. The van der Waals surface area contributed by atoms with Crippen LogP contribution in [0.1, 0.15) is 43.1 Å². The van der Waals surface area contributed by atoms with Crippen molar-refractivity contribution < 1.29 is 13.7 Å². The highest BCUT2D eigenvalue weighted by Crippen LogP contribution is 2.36. The van der Waals surface area contributed by atoms with Gasteiger partial charge in [0.25, 0.3) is 6.43 Å². The molecule has 1 aliphatic rings. The van der Waals surface area contributed by atoms with Gasteiger partial charge < -0.3 is 0 Å². The molecule has 8 heteroatoms. The van der Waals surface area contributed by atoms with E-state index >= 15 is 0 Å². The van der Waals surface area contributed by atoms with Crippen molar-refractivity contribution in [2.24, 2.45) is 0 Å². The molecule has 1 aromatic carbocycles. The standard InChI is InChI=1S/C18H22F2N4O2/c1-12(14-6-4-3-5-7-14)22-9-8-15(10-16(22)18(19)20)23-13(2)17(11-21-23)24(25)26/h3-7,11-12,15-16,18H,8-10H2,1-2H3/t12-,15-,16?/m1/s1. The van der Waals surface area contributed by atoms with Gasteiger partial charge in [0.2, 0.25) is 0 Å². The van der Waals surface area contributed by atoms with E-state index in [9.17, 15) is 18.9 Å². The Balaban J connectivity index is 1.81. The number of hydrogen-bond donors (Lipinski definition) is 0. The number of hydrogen-bond acceptors (Lipinski definition) is 4. The number of likely N-dealkylation sites (tertiary alicyclic amines) is 1. The summed E-state index contributed by atoms with van der Waals surface area (Å²) in [5.41, 5.74) is 1.35. The number of benzene rings is 1. The molecule has 0 N–H and O–H groups in total. The smallest absolute Gasteiger partial charge is 0.288 e. The molecule has 1 aliphatic heterocycles. The van der Waals surface area contributed by atoms with E-state index < -0.39 is 17.4 Å². The fourth-order valence-corrected chi connectivity index (χ4v) is 3.83. The monoisotopic (exact) mass is 364 g/mol. The summed E-state index contributed by atoms with van der Waals surface area (Å²) in [6.07, 6.45) is -0.449. The lowest BCUT2D eigenvalue weighted by molar-refractivity contribution is -0.385. The molecular weight excluding hydrogens is 342 g/mol. The van der Waals surface area contributed by atoms with Crippen molar-refractivity contribution in [3.63, 3.8) is 0 Å².